The lowest BCUT2D eigenvalue weighted by Gasteiger charge is -2.01. The van der Waals surface area contributed by atoms with Gasteiger partial charge in [-0.05, 0) is 47.8 Å². The van der Waals surface area contributed by atoms with E-state index in [1.165, 1.54) is 24.1 Å². The number of hydrogen-bond acceptors (Lipinski definition) is 2. The average Bonchev–Trinajstić information content (AvgIpc) is 2.42. The number of rotatable bonds is 5. The Balaban J connectivity index is 1.80. The lowest BCUT2D eigenvalue weighted by Crippen LogP contribution is -2.01. The van der Waals surface area contributed by atoms with Crippen LogP contribution in [0.15, 0.2) is 53.4 Å². The molecule has 0 aliphatic carbocycles. The maximum absolute atomic E-state index is 13.0. The monoisotopic (exact) mass is 327 g/mol. The van der Waals surface area contributed by atoms with Crippen LogP contribution < -0.4 is 4.72 Å². The van der Waals surface area contributed by atoms with Gasteiger partial charge in [-0.25, -0.2) is 4.39 Å². The Bertz CT molecular complexity index is 617. The maximum atomic E-state index is 13.0. The van der Waals surface area contributed by atoms with E-state index in [-0.39, 0.29) is 5.82 Å². The predicted molar refractivity (Wildman–Crippen MR) is 85.8 cm³/mol. The van der Waals surface area contributed by atoms with Crippen LogP contribution in [0.3, 0.4) is 0 Å². The molecule has 2 rings (SSSR count). The molecule has 0 unspecified atom stereocenters. The first-order valence-electron chi connectivity index (χ1n) is 5.92. The van der Waals surface area contributed by atoms with Crippen molar-refractivity contribution in [3.8, 4) is 0 Å². The molecular weight excluding hydrogens is 316 g/mol. The fourth-order valence-electron chi connectivity index (χ4n) is 1.51. The van der Waals surface area contributed by atoms with Crippen LogP contribution in [0.2, 0.25) is 10.0 Å². The van der Waals surface area contributed by atoms with E-state index in [2.05, 4.69) is 4.72 Å². The van der Waals surface area contributed by atoms with Crippen LogP contribution in [0.25, 0.3) is 6.08 Å². The van der Waals surface area contributed by atoms with Gasteiger partial charge in [0.2, 0.25) is 0 Å². The van der Waals surface area contributed by atoms with E-state index in [1.54, 1.807) is 18.2 Å². The maximum Gasteiger partial charge on any atom is 0.124 e. The summed E-state index contributed by atoms with van der Waals surface area (Å²) in [5, 5.41) is 1.08. The van der Waals surface area contributed by atoms with Crippen molar-refractivity contribution in [2.24, 2.45) is 0 Å². The van der Waals surface area contributed by atoms with Gasteiger partial charge >= 0.3 is 0 Å². The van der Waals surface area contributed by atoms with Crippen molar-refractivity contribution in [2.75, 3.05) is 6.54 Å². The molecule has 104 valence electrons. The van der Waals surface area contributed by atoms with Gasteiger partial charge in [0.05, 0.1) is 10.0 Å². The molecule has 2 aromatic carbocycles. The van der Waals surface area contributed by atoms with Crippen LogP contribution in [0, 0.1) is 5.82 Å². The molecule has 0 spiro atoms. The van der Waals surface area contributed by atoms with E-state index in [1.807, 2.05) is 24.3 Å². The standard InChI is InChI=1S/C15H12Cl2FNS/c16-14-7-6-11(9-15(14)17)3-2-8-19-20-13-5-1-4-12(18)10-13/h1-7,9-10,19H,8H2/b3-2+. The van der Waals surface area contributed by atoms with Crippen molar-refractivity contribution in [2.45, 2.75) is 4.90 Å². The first-order valence-corrected chi connectivity index (χ1v) is 7.49. The summed E-state index contributed by atoms with van der Waals surface area (Å²) >= 11 is 13.2. The molecule has 0 saturated carbocycles. The van der Waals surface area contributed by atoms with Gasteiger partial charge < -0.3 is 0 Å². The second-order valence-corrected chi connectivity index (χ2v) is 5.76. The largest absolute Gasteiger partial charge is 0.256 e. The first-order chi connectivity index (χ1) is 9.65. The van der Waals surface area contributed by atoms with E-state index in [9.17, 15) is 4.39 Å². The SMILES string of the molecule is Fc1cccc(SNC/C=C/c2ccc(Cl)c(Cl)c2)c1. The lowest BCUT2D eigenvalue weighted by atomic mass is 10.2. The number of hydrogen-bond donors (Lipinski definition) is 1. The molecule has 0 radical (unpaired) electrons. The number of halogens is 3. The highest BCUT2D eigenvalue weighted by Gasteiger charge is 1.97. The molecule has 0 aliphatic rings. The van der Waals surface area contributed by atoms with Crippen molar-refractivity contribution in [1.29, 1.82) is 0 Å². The van der Waals surface area contributed by atoms with Crippen LogP contribution in [-0.2, 0) is 0 Å². The van der Waals surface area contributed by atoms with Crippen molar-refractivity contribution >= 4 is 41.2 Å². The van der Waals surface area contributed by atoms with Crippen LogP contribution in [0.4, 0.5) is 4.39 Å². The zero-order valence-corrected chi connectivity index (χ0v) is 12.8. The molecule has 0 amide bonds. The zero-order valence-electron chi connectivity index (χ0n) is 10.4. The summed E-state index contributed by atoms with van der Waals surface area (Å²) in [7, 11) is 0. The molecule has 0 saturated heterocycles. The van der Waals surface area contributed by atoms with Crippen LogP contribution in [0.5, 0.6) is 0 Å². The molecule has 0 bridgehead atoms. The Morgan fingerprint density at radius 2 is 1.95 bits per heavy atom. The van der Waals surface area contributed by atoms with Crippen molar-refractivity contribution < 1.29 is 4.39 Å². The molecule has 0 aliphatic heterocycles. The third-order valence-corrected chi connectivity index (χ3v) is 3.98. The lowest BCUT2D eigenvalue weighted by molar-refractivity contribution is 0.624. The Hall–Kier alpha value is -1.000. The van der Waals surface area contributed by atoms with Crippen LogP contribution in [-0.4, -0.2) is 6.54 Å². The highest BCUT2D eigenvalue weighted by atomic mass is 35.5. The van der Waals surface area contributed by atoms with Crippen molar-refractivity contribution in [1.82, 2.24) is 4.72 Å². The molecule has 0 aromatic heterocycles. The third-order valence-electron chi connectivity index (χ3n) is 2.44. The summed E-state index contributed by atoms with van der Waals surface area (Å²) in [6.07, 6.45) is 3.91. The van der Waals surface area contributed by atoms with E-state index in [4.69, 9.17) is 23.2 Å². The minimum Gasteiger partial charge on any atom is -0.256 e. The Labute approximate surface area is 131 Å². The van der Waals surface area contributed by atoms with E-state index in [0.717, 1.165) is 10.5 Å². The van der Waals surface area contributed by atoms with Gasteiger partial charge in [0.15, 0.2) is 0 Å². The Morgan fingerprint density at radius 1 is 1.10 bits per heavy atom. The van der Waals surface area contributed by atoms with Gasteiger partial charge in [0.25, 0.3) is 0 Å². The van der Waals surface area contributed by atoms with Gasteiger partial charge in [-0.1, -0.05) is 47.5 Å². The van der Waals surface area contributed by atoms with Gasteiger partial charge in [0.1, 0.15) is 5.82 Å². The summed E-state index contributed by atoms with van der Waals surface area (Å²) in [6.45, 7) is 0.654. The molecule has 0 atom stereocenters. The van der Waals surface area contributed by atoms with Gasteiger partial charge in [-0.2, -0.15) is 0 Å². The van der Waals surface area contributed by atoms with Crippen LogP contribution >= 0.6 is 35.1 Å². The minimum absolute atomic E-state index is 0.233. The predicted octanol–water partition coefficient (Wildman–Crippen LogP) is 5.44. The van der Waals surface area contributed by atoms with E-state index in [0.29, 0.717) is 16.6 Å². The fourth-order valence-corrected chi connectivity index (χ4v) is 2.49. The van der Waals surface area contributed by atoms with Crippen LogP contribution in [0.1, 0.15) is 5.56 Å². The highest BCUT2D eigenvalue weighted by molar-refractivity contribution is 7.97. The second kappa shape index (κ2) is 7.70. The number of benzene rings is 2. The molecule has 2 aromatic rings. The van der Waals surface area contributed by atoms with E-state index >= 15 is 0 Å². The van der Waals surface area contributed by atoms with Gasteiger partial charge in [0, 0.05) is 11.4 Å². The van der Waals surface area contributed by atoms with Crippen molar-refractivity contribution in [3.05, 3.63) is 70.0 Å². The van der Waals surface area contributed by atoms with E-state index < -0.39 is 0 Å². The highest BCUT2D eigenvalue weighted by Crippen LogP contribution is 2.23. The Morgan fingerprint density at radius 3 is 2.70 bits per heavy atom. The summed E-state index contributed by atoms with van der Waals surface area (Å²) in [4.78, 5) is 0.841. The first kappa shape index (κ1) is 15.4. The van der Waals surface area contributed by atoms with Crippen molar-refractivity contribution in [3.63, 3.8) is 0 Å². The fraction of sp³-hybridized carbons (Fsp3) is 0.0667. The normalized spacial score (nSPS) is 11.2. The molecule has 5 heteroatoms. The summed E-state index contributed by atoms with van der Waals surface area (Å²) in [6, 6.07) is 11.9. The summed E-state index contributed by atoms with van der Waals surface area (Å²) in [5.74, 6) is -0.233. The Kier molecular flexibility index (Phi) is 5.92. The van der Waals surface area contributed by atoms with Gasteiger partial charge in [-0.3, -0.25) is 4.72 Å². The molecule has 1 nitrogen and oxygen atoms in total. The summed E-state index contributed by atoms with van der Waals surface area (Å²) < 4.78 is 16.1. The average molecular weight is 328 g/mol. The number of nitrogens with one attached hydrogen (secondary N) is 1. The second-order valence-electron chi connectivity index (χ2n) is 3.98. The topological polar surface area (TPSA) is 12.0 Å². The smallest absolute Gasteiger partial charge is 0.124 e. The summed E-state index contributed by atoms with van der Waals surface area (Å²) in [5.41, 5.74) is 0.983. The zero-order chi connectivity index (χ0) is 14.4. The third kappa shape index (κ3) is 4.84. The minimum atomic E-state index is -0.233. The molecule has 0 fully saturated rings. The molecular formula is C15H12Cl2FNS. The molecule has 0 heterocycles. The van der Waals surface area contributed by atoms with Gasteiger partial charge in [-0.15, -0.1) is 0 Å². The molecule has 20 heavy (non-hydrogen) atoms. The molecule has 1 N–H and O–H groups in total. The quantitative estimate of drug-likeness (QED) is 0.579.